The summed E-state index contributed by atoms with van der Waals surface area (Å²) in [5.74, 6) is 1.86. The largest absolute Gasteiger partial charge is 0.356 e. The van der Waals surface area contributed by atoms with Crippen LogP contribution in [0.2, 0.25) is 0 Å². The van der Waals surface area contributed by atoms with E-state index in [1.54, 1.807) is 0 Å². The van der Waals surface area contributed by atoms with Crippen molar-refractivity contribution in [3.63, 3.8) is 0 Å². The molecule has 1 aromatic carbocycles. The summed E-state index contributed by atoms with van der Waals surface area (Å²) in [4.78, 5) is 6.51. The third kappa shape index (κ3) is 5.38. The first-order valence-corrected chi connectivity index (χ1v) is 6.66. The number of aliphatic imine (C=N–C) groups is 1. The van der Waals surface area contributed by atoms with Crippen LogP contribution in [0.1, 0.15) is 24.0 Å². The van der Waals surface area contributed by atoms with Crippen LogP contribution in [0.3, 0.4) is 0 Å². The van der Waals surface area contributed by atoms with E-state index in [-0.39, 0.29) is 24.0 Å². The lowest BCUT2D eigenvalue weighted by Crippen LogP contribution is -2.39. The van der Waals surface area contributed by atoms with Crippen molar-refractivity contribution in [2.45, 2.75) is 26.3 Å². The number of rotatable bonds is 4. The van der Waals surface area contributed by atoms with Crippen LogP contribution in [0, 0.1) is 12.8 Å². The Morgan fingerprint density at radius 3 is 2.47 bits per heavy atom. The summed E-state index contributed by atoms with van der Waals surface area (Å²) in [6, 6.07) is 8.67. The van der Waals surface area contributed by atoms with Crippen molar-refractivity contribution in [3.05, 3.63) is 35.4 Å². The Morgan fingerprint density at radius 2 is 1.95 bits per heavy atom. The molecule has 0 aromatic heterocycles. The summed E-state index contributed by atoms with van der Waals surface area (Å²) < 4.78 is 0. The predicted octanol–water partition coefficient (Wildman–Crippen LogP) is 3.03. The Kier molecular flexibility index (Phi) is 6.62. The van der Waals surface area contributed by atoms with Crippen LogP contribution in [-0.2, 0) is 6.54 Å². The number of guanidine groups is 1. The Bertz CT molecular complexity index is 410. The van der Waals surface area contributed by atoms with E-state index < -0.39 is 0 Å². The molecule has 1 aromatic rings. The fourth-order valence-corrected chi connectivity index (χ4v) is 1.98. The van der Waals surface area contributed by atoms with Crippen LogP contribution in [0.25, 0.3) is 0 Å². The molecule has 0 unspecified atom stereocenters. The minimum atomic E-state index is 0. The first-order chi connectivity index (χ1) is 8.69. The molecular formula is C15H24IN3. The molecule has 0 bridgehead atoms. The van der Waals surface area contributed by atoms with Gasteiger partial charge in [0, 0.05) is 27.2 Å². The van der Waals surface area contributed by atoms with E-state index in [2.05, 4.69) is 53.4 Å². The van der Waals surface area contributed by atoms with E-state index in [0.29, 0.717) is 0 Å². The molecule has 0 amide bonds. The summed E-state index contributed by atoms with van der Waals surface area (Å²) in [5, 5.41) is 3.44. The molecular weight excluding hydrogens is 349 g/mol. The second kappa shape index (κ2) is 7.72. The Balaban J connectivity index is 0.00000180. The van der Waals surface area contributed by atoms with E-state index in [1.807, 2.05) is 7.05 Å². The Hall–Kier alpha value is -0.780. The SMILES string of the molecule is CN=C(NCC1CC1)N(C)Cc1ccc(C)cc1.I. The molecule has 2 rings (SSSR count). The second-order valence-corrected chi connectivity index (χ2v) is 5.21. The van der Waals surface area contributed by atoms with Crippen molar-refractivity contribution < 1.29 is 0 Å². The number of hydrogen-bond donors (Lipinski definition) is 1. The number of nitrogens with one attached hydrogen (secondary N) is 1. The van der Waals surface area contributed by atoms with Gasteiger partial charge in [-0.3, -0.25) is 4.99 Å². The zero-order valence-corrected chi connectivity index (χ0v) is 14.3. The molecule has 4 heteroatoms. The third-order valence-electron chi connectivity index (χ3n) is 3.36. The first-order valence-electron chi connectivity index (χ1n) is 6.66. The maximum Gasteiger partial charge on any atom is 0.193 e. The molecule has 3 nitrogen and oxygen atoms in total. The van der Waals surface area contributed by atoms with E-state index in [1.165, 1.54) is 24.0 Å². The minimum absolute atomic E-state index is 0. The monoisotopic (exact) mass is 373 g/mol. The molecule has 1 fully saturated rings. The Morgan fingerprint density at radius 1 is 1.32 bits per heavy atom. The third-order valence-corrected chi connectivity index (χ3v) is 3.36. The summed E-state index contributed by atoms with van der Waals surface area (Å²) in [6.07, 6.45) is 2.73. The topological polar surface area (TPSA) is 27.6 Å². The van der Waals surface area contributed by atoms with Gasteiger partial charge < -0.3 is 10.2 Å². The highest BCUT2D eigenvalue weighted by atomic mass is 127. The zero-order valence-electron chi connectivity index (χ0n) is 12.0. The maximum atomic E-state index is 4.33. The average Bonchev–Trinajstić information content (AvgIpc) is 3.17. The normalized spacial score (nSPS) is 14.8. The van der Waals surface area contributed by atoms with Crippen molar-refractivity contribution in [3.8, 4) is 0 Å². The van der Waals surface area contributed by atoms with Crippen molar-refractivity contribution >= 4 is 29.9 Å². The average molecular weight is 373 g/mol. The molecule has 0 radical (unpaired) electrons. The first kappa shape index (κ1) is 16.3. The lowest BCUT2D eigenvalue weighted by Gasteiger charge is -2.22. The van der Waals surface area contributed by atoms with Gasteiger partial charge in [-0.15, -0.1) is 24.0 Å². The standard InChI is InChI=1S/C15H23N3.HI/c1-12-4-6-14(7-5-12)11-18(3)15(16-2)17-10-13-8-9-13;/h4-7,13H,8-11H2,1-3H3,(H,16,17);1H. The number of aryl methyl sites for hydroxylation is 1. The number of halogens is 1. The van der Waals surface area contributed by atoms with Crippen LogP contribution < -0.4 is 5.32 Å². The van der Waals surface area contributed by atoms with Gasteiger partial charge >= 0.3 is 0 Å². The molecule has 1 N–H and O–H groups in total. The second-order valence-electron chi connectivity index (χ2n) is 5.21. The van der Waals surface area contributed by atoms with Crippen molar-refractivity contribution in [2.24, 2.45) is 10.9 Å². The molecule has 1 aliphatic carbocycles. The van der Waals surface area contributed by atoms with Crippen LogP contribution in [0.5, 0.6) is 0 Å². The van der Waals surface area contributed by atoms with Gasteiger partial charge in [-0.25, -0.2) is 0 Å². The highest BCUT2D eigenvalue weighted by Gasteiger charge is 2.21. The number of hydrogen-bond acceptors (Lipinski definition) is 1. The van der Waals surface area contributed by atoms with Crippen LogP contribution in [-0.4, -0.2) is 31.5 Å². The predicted molar refractivity (Wildman–Crippen MR) is 92.1 cm³/mol. The quantitative estimate of drug-likeness (QED) is 0.499. The summed E-state index contributed by atoms with van der Waals surface area (Å²) >= 11 is 0. The van der Waals surface area contributed by atoms with Gasteiger partial charge in [0.25, 0.3) is 0 Å². The van der Waals surface area contributed by atoms with Crippen LogP contribution >= 0.6 is 24.0 Å². The summed E-state index contributed by atoms with van der Waals surface area (Å²) in [7, 11) is 3.93. The van der Waals surface area contributed by atoms with Gasteiger partial charge in [-0.05, 0) is 31.2 Å². The van der Waals surface area contributed by atoms with Crippen LogP contribution in [0.4, 0.5) is 0 Å². The molecule has 0 spiro atoms. The molecule has 106 valence electrons. The highest BCUT2D eigenvalue weighted by Crippen LogP contribution is 2.27. The minimum Gasteiger partial charge on any atom is -0.356 e. The van der Waals surface area contributed by atoms with Gasteiger partial charge in [0.15, 0.2) is 5.96 Å². The molecule has 1 aliphatic rings. The smallest absolute Gasteiger partial charge is 0.193 e. The van der Waals surface area contributed by atoms with Crippen molar-refractivity contribution in [2.75, 3.05) is 20.6 Å². The lowest BCUT2D eigenvalue weighted by atomic mass is 10.1. The van der Waals surface area contributed by atoms with Gasteiger partial charge in [0.2, 0.25) is 0 Å². The van der Waals surface area contributed by atoms with Crippen molar-refractivity contribution in [1.82, 2.24) is 10.2 Å². The van der Waals surface area contributed by atoms with E-state index >= 15 is 0 Å². The molecule has 19 heavy (non-hydrogen) atoms. The molecule has 0 heterocycles. The highest BCUT2D eigenvalue weighted by molar-refractivity contribution is 14.0. The van der Waals surface area contributed by atoms with E-state index in [4.69, 9.17) is 0 Å². The van der Waals surface area contributed by atoms with E-state index in [9.17, 15) is 0 Å². The number of nitrogens with zero attached hydrogens (tertiary/aromatic N) is 2. The van der Waals surface area contributed by atoms with Gasteiger partial charge in [-0.2, -0.15) is 0 Å². The molecule has 1 saturated carbocycles. The molecule has 0 aliphatic heterocycles. The maximum absolute atomic E-state index is 4.33. The van der Waals surface area contributed by atoms with Crippen LogP contribution in [0.15, 0.2) is 29.3 Å². The summed E-state index contributed by atoms with van der Waals surface area (Å²) in [5.41, 5.74) is 2.62. The fraction of sp³-hybridized carbons (Fsp3) is 0.533. The van der Waals surface area contributed by atoms with Crippen molar-refractivity contribution in [1.29, 1.82) is 0 Å². The van der Waals surface area contributed by atoms with Gasteiger partial charge in [0.1, 0.15) is 0 Å². The molecule has 0 saturated heterocycles. The number of benzene rings is 1. The van der Waals surface area contributed by atoms with E-state index in [0.717, 1.165) is 25.0 Å². The fourth-order valence-electron chi connectivity index (χ4n) is 1.98. The summed E-state index contributed by atoms with van der Waals surface area (Å²) in [6.45, 7) is 4.07. The Labute approximate surface area is 133 Å². The molecule has 0 atom stereocenters. The van der Waals surface area contributed by atoms with Gasteiger partial charge in [0.05, 0.1) is 0 Å². The zero-order chi connectivity index (χ0) is 13.0. The lowest BCUT2D eigenvalue weighted by molar-refractivity contribution is 0.474. The van der Waals surface area contributed by atoms with Gasteiger partial charge in [-0.1, -0.05) is 29.8 Å².